The number of urea groups is 1. The number of hydrogen-bond donors (Lipinski definition) is 4. The zero-order valence-electron chi connectivity index (χ0n) is 22.0. The van der Waals surface area contributed by atoms with Crippen molar-refractivity contribution < 1.29 is 19.4 Å². The summed E-state index contributed by atoms with van der Waals surface area (Å²) in [5, 5.41) is 29.2. The molecule has 0 aliphatic carbocycles. The van der Waals surface area contributed by atoms with Gasteiger partial charge in [-0.25, -0.2) is 4.79 Å². The fourth-order valence-electron chi connectivity index (χ4n) is 5.26. The number of nitrogens with two attached hydrogens (primary N) is 1. The average Bonchev–Trinajstić information content (AvgIpc) is 3.73. The number of likely N-dealkylation sites (tertiary alicyclic amines) is 2. The van der Waals surface area contributed by atoms with Crippen molar-refractivity contribution in [2.24, 2.45) is 11.7 Å². The third-order valence-corrected chi connectivity index (χ3v) is 8.11. The number of carbonyl (C=O) groups is 2. The van der Waals surface area contributed by atoms with Crippen LogP contribution >= 0.6 is 11.3 Å². The number of amides is 2. The number of methoxy groups -OCH3 is 1. The lowest BCUT2D eigenvalue weighted by Gasteiger charge is -2.24. The van der Waals surface area contributed by atoms with Crippen LogP contribution < -0.4 is 15.8 Å². The molecule has 0 saturated carbocycles. The van der Waals surface area contributed by atoms with Crippen LogP contribution in [-0.4, -0.2) is 81.9 Å². The fraction of sp³-hybridized carbons (Fsp3) is 0.407. The first-order valence-corrected chi connectivity index (χ1v) is 13.8. The smallest absolute Gasteiger partial charge is 0.320 e. The maximum absolute atomic E-state index is 13.5. The van der Waals surface area contributed by atoms with Gasteiger partial charge in [-0.3, -0.25) is 10.2 Å². The van der Waals surface area contributed by atoms with Gasteiger partial charge in [-0.1, -0.05) is 31.2 Å². The molecule has 2 saturated heterocycles. The second kappa shape index (κ2) is 11.1. The molecule has 2 amide bonds. The Morgan fingerprint density at radius 2 is 1.95 bits per heavy atom. The highest BCUT2D eigenvalue weighted by Gasteiger charge is 2.41. The van der Waals surface area contributed by atoms with Gasteiger partial charge in [0.05, 0.1) is 18.8 Å². The molecule has 5 rings (SSSR count). The Hall–Kier alpha value is -3.90. The Labute approximate surface area is 230 Å². The predicted octanol–water partition coefficient (Wildman–Crippen LogP) is 2.76. The number of thiophene rings is 1. The molecule has 12 heteroatoms. The van der Waals surface area contributed by atoms with Gasteiger partial charge in [-0.2, -0.15) is 21.1 Å². The molecular weight excluding hydrogens is 518 g/mol. The van der Waals surface area contributed by atoms with Crippen molar-refractivity contribution in [2.45, 2.75) is 31.9 Å². The van der Waals surface area contributed by atoms with E-state index in [0.717, 1.165) is 5.56 Å². The van der Waals surface area contributed by atoms with Gasteiger partial charge in [0, 0.05) is 49.6 Å². The van der Waals surface area contributed by atoms with Crippen LogP contribution in [0.2, 0.25) is 0 Å². The summed E-state index contributed by atoms with van der Waals surface area (Å²) in [5.41, 5.74) is 8.28. The van der Waals surface area contributed by atoms with Crippen molar-refractivity contribution in [1.29, 1.82) is 5.41 Å². The van der Waals surface area contributed by atoms with E-state index in [1.165, 1.54) is 16.0 Å². The summed E-state index contributed by atoms with van der Waals surface area (Å²) in [6, 6.07) is 8.98. The third-order valence-electron chi connectivity index (χ3n) is 7.42. The number of nitrogens with zero attached hydrogens (tertiary/aromatic N) is 4. The normalized spacial score (nSPS) is 20.8. The molecule has 3 atom stereocenters. The maximum Gasteiger partial charge on any atom is 0.320 e. The van der Waals surface area contributed by atoms with Gasteiger partial charge in [0.2, 0.25) is 0 Å². The molecule has 2 aliphatic heterocycles. The SMILES string of the molecule is COc1c(C2CN(C(=O)N3CCC(O)C3)CC2C)nn(C(=O)c2ccsc2)c1NCc1ccc(C(=N)N)cc1. The van der Waals surface area contributed by atoms with Crippen LogP contribution in [0.5, 0.6) is 5.75 Å². The minimum atomic E-state index is -0.476. The number of benzene rings is 1. The van der Waals surface area contributed by atoms with Crippen LogP contribution in [0.4, 0.5) is 10.6 Å². The van der Waals surface area contributed by atoms with E-state index >= 15 is 0 Å². The Morgan fingerprint density at radius 1 is 1.18 bits per heavy atom. The highest BCUT2D eigenvalue weighted by Crippen LogP contribution is 2.41. The van der Waals surface area contributed by atoms with Crippen LogP contribution in [0, 0.1) is 11.3 Å². The van der Waals surface area contributed by atoms with E-state index in [1.807, 2.05) is 17.5 Å². The van der Waals surface area contributed by atoms with Gasteiger partial charge < -0.3 is 30.7 Å². The molecule has 4 heterocycles. The zero-order chi connectivity index (χ0) is 27.7. The molecule has 39 heavy (non-hydrogen) atoms. The van der Waals surface area contributed by atoms with Gasteiger partial charge >= 0.3 is 6.03 Å². The molecule has 0 bridgehead atoms. The van der Waals surface area contributed by atoms with Crippen molar-refractivity contribution in [3.8, 4) is 5.75 Å². The lowest BCUT2D eigenvalue weighted by molar-refractivity contribution is 0.0947. The van der Waals surface area contributed by atoms with E-state index in [4.69, 9.17) is 21.0 Å². The van der Waals surface area contributed by atoms with E-state index in [1.54, 1.807) is 40.5 Å². The van der Waals surface area contributed by atoms with Crippen LogP contribution in [0.15, 0.2) is 41.1 Å². The van der Waals surface area contributed by atoms with Gasteiger partial charge in [0.15, 0.2) is 11.6 Å². The van der Waals surface area contributed by atoms with E-state index < -0.39 is 6.10 Å². The average molecular weight is 552 g/mol. The number of β-amino-alcohol motifs (C(OH)–C–C–N with tert-alkyl or cyclic N) is 1. The number of nitrogen functional groups attached to an aromatic ring is 1. The molecule has 2 fully saturated rings. The predicted molar refractivity (Wildman–Crippen MR) is 149 cm³/mol. The molecule has 2 aliphatic rings. The summed E-state index contributed by atoms with van der Waals surface area (Å²) in [7, 11) is 1.56. The monoisotopic (exact) mass is 551 g/mol. The summed E-state index contributed by atoms with van der Waals surface area (Å²) >= 11 is 1.43. The quantitative estimate of drug-likeness (QED) is 0.260. The molecule has 2 aromatic heterocycles. The maximum atomic E-state index is 13.5. The summed E-state index contributed by atoms with van der Waals surface area (Å²) in [4.78, 5) is 30.1. The Kier molecular flexibility index (Phi) is 7.58. The molecular formula is C27H33N7O4S. The highest BCUT2D eigenvalue weighted by atomic mass is 32.1. The first-order chi connectivity index (χ1) is 18.8. The number of anilines is 1. The van der Waals surface area contributed by atoms with Gasteiger partial charge in [0.1, 0.15) is 11.5 Å². The minimum absolute atomic E-state index is 0.000579. The summed E-state index contributed by atoms with van der Waals surface area (Å²) in [5.74, 6) is 0.588. The van der Waals surface area contributed by atoms with Gasteiger partial charge in [-0.05, 0) is 29.3 Å². The van der Waals surface area contributed by atoms with Crippen molar-refractivity contribution in [1.82, 2.24) is 19.6 Å². The Morgan fingerprint density at radius 3 is 2.56 bits per heavy atom. The zero-order valence-corrected chi connectivity index (χ0v) is 22.8. The standard InChI is InChI=1S/C27H33N7O4S/c1-16-12-33(27(37)32-9-7-20(35)13-32)14-21(16)22-23(38-2)25(34(31-22)26(36)19-8-10-39-15-19)30-11-17-3-5-18(6-4-17)24(28)29/h3-6,8,10,15-16,20-21,30,35H,7,9,11-14H2,1-2H3,(H3,28,29). The molecule has 3 unspecified atom stereocenters. The number of nitrogens with one attached hydrogen (secondary N) is 2. The largest absolute Gasteiger partial charge is 0.491 e. The number of amidine groups is 1. The topological polar surface area (TPSA) is 150 Å². The van der Waals surface area contributed by atoms with Gasteiger partial charge in [-0.15, -0.1) is 0 Å². The molecule has 0 spiro atoms. The van der Waals surface area contributed by atoms with Crippen molar-refractivity contribution in [3.63, 3.8) is 0 Å². The number of rotatable bonds is 7. The minimum Gasteiger partial charge on any atom is -0.491 e. The number of carbonyl (C=O) groups excluding carboxylic acids is 2. The second-order valence-corrected chi connectivity index (χ2v) is 10.9. The van der Waals surface area contributed by atoms with Crippen molar-refractivity contribution in [3.05, 3.63) is 63.5 Å². The molecule has 5 N–H and O–H groups in total. The van der Waals surface area contributed by atoms with Crippen molar-refractivity contribution in [2.75, 3.05) is 38.6 Å². The van der Waals surface area contributed by atoms with Crippen molar-refractivity contribution >= 4 is 34.9 Å². The fourth-order valence-corrected chi connectivity index (χ4v) is 5.89. The van der Waals surface area contributed by atoms with E-state index in [-0.39, 0.29) is 29.6 Å². The number of aliphatic hydroxyl groups excluding tert-OH is 1. The van der Waals surface area contributed by atoms with Crippen LogP contribution in [-0.2, 0) is 6.54 Å². The first-order valence-electron chi connectivity index (χ1n) is 12.9. The Bertz CT molecular complexity index is 1360. The highest BCUT2D eigenvalue weighted by molar-refractivity contribution is 7.08. The summed E-state index contributed by atoms with van der Waals surface area (Å²) in [6.45, 7) is 4.35. The molecule has 3 aromatic rings. The number of aromatic nitrogens is 2. The van der Waals surface area contributed by atoms with E-state index in [0.29, 0.717) is 67.5 Å². The third kappa shape index (κ3) is 5.34. The number of ether oxygens (including phenoxy) is 1. The van der Waals surface area contributed by atoms with E-state index in [2.05, 4.69) is 12.2 Å². The van der Waals surface area contributed by atoms with Crippen LogP contribution in [0.1, 0.15) is 46.4 Å². The second-order valence-electron chi connectivity index (χ2n) is 10.1. The summed E-state index contributed by atoms with van der Waals surface area (Å²) in [6.07, 6.45) is 0.115. The Balaban J connectivity index is 1.44. The molecule has 206 valence electrons. The molecule has 1 aromatic carbocycles. The lowest BCUT2D eigenvalue weighted by atomic mass is 9.94. The lowest BCUT2D eigenvalue weighted by Crippen LogP contribution is -2.41. The van der Waals surface area contributed by atoms with Gasteiger partial charge in [0.25, 0.3) is 5.91 Å². The summed E-state index contributed by atoms with van der Waals surface area (Å²) < 4.78 is 7.20. The molecule has 11 nitrogen and oxygen atoms in total. The number of aliphatic hydroxyl groups is 1. The number of hydrogen-bond acceptors (Lipinski definition) is 8. The van der Waals surface area contributed by atoms with E-state index in [9.17, 15) is 14.7 Å². The van der Waals surface area contributed by atoms with Crippen LogP contribution in [0.25, 0.3) is 0 Å². The molecule has 0 radical (unpaired) electrons. The van der Waals surface area contributed by atoms with Crippen LogP contribution in [0.3, 0.4) is 0 Å². The first kappa shape index (κ1) is 26.7.